The molecule has 1 atom stereocenters. The van der Waals surface area contributed by atoms with Crippen LogP contribution in [-0.4, -0.2) is 11.7 Å². The number of hydrogen-bond donors (Lipinski definition) is 1. The van der Waals surface area contributed by atoms with Gasteiger partial charge in [-0.2, -0.15) is 8.78 Å². The van der Waals surface area contributed by atoms with E-state index in [1.165, 1.54) is 12.1 Å². The van der Waals surface area contributed by atoms with Crippen molar-refractivity contribution >= 4 is 0 Å². The van der Waals surface area contributed by atoms with E-state index in [0.717, 1.165) is 16.7 Å². The fourth-order valence-electron chi connectivity index (χ4n) is 2.07. The van der Waals surface area contributed by atoms with E-state index in [1.54, 1.807) is 12.1 Å². The summed E-state index contributed by atoms with van der Waals surface area (Å²) in [6.45, 7) is 1.03. The fourth-order valence-corrected chi connectivity index (χ4v) is 2.07. The Kier molecular flexibility index (Phi) is 4.35. The van der Waals surface area contributed by atoms with Gasteiger partial charge in [-0.25, -0.2) is 0 Å². The molecule has 20 heavy (non-hydrogen) atoms. The highest BCUT2D eigenvalue weighted by molar-refractivity contribution is 5.39. The van der Waals surface area contributed by atoms with Crippen molar-refractivity contribution in [3.8, 4) is 5.75 Å². The number of hydrogen-bond acceptors (Lipinski definition) is 2. The number of halogens is 2. The number of alkyl halides is 2. The predicted molar refractivity (Wildman–Crippen MR) is 73.1 cm³/mol. The molecule has 2 nitrogen and oxygen atoms in total. The van der Waals surface area contributed by atoms with Crippen molar-refractivity contribution in [1.29, 1.82) is 0 Å². The van der Waals surface area contributed by atoms with Gasteiger partial charge in [-0.3, -0.25) is 0 Å². The SMILES string of the molecule is Cc1ccc(C)c(C(O)c2ccc(OC(F)F)cc2)c1. The van der Waals surface area contributed by atoms with Crippen LogP contribution >= 0.6 is 0 Å². The van der Waals surface area contributed by atoms with Crippen LogP contribution in [0.25, 0.3) is 0 Å². The Balaban J connectivity index is 2.24. The van der Waals surface area contributed by atoms with Gasteiger partial charge in [0, 0.05) is 0 Å². The van der Waals surface area contributed by atoms with Crippen LogP contribution in [-0.2, 0) is 0 Å². The van der Waals surface area contributed by atoms with Crippen LogP contribution in [0.3, 0.4) is 0 Å². The number of rotatable bonds is 4. The molecule has 0 spiro atoms. The van der Waals surface area contributed by atoms with Crippen LogP contribution in [0.5, 0.6) is 5.75 Å². The van der Waals surface area contributed by atoms with Gasteiger partial charge in [0.05, 0.1) is 0 Å². The van der Waals surface area contributed by atoms with Crippen LogP contribution in [0.15, 0.2) is 42.5 Å². The van der Waals surface area contributed by atoms with Crippen molar-refractivity contribution in [2.24, 2.45) is 0 Å². The summed E-state index contributed by atoms with van der Waals surface area (Å²) in [6.07, 6.45) is -0.782. The number of aliphatic hydroxyl groups excluding tert-OH is 1. The van der Waals surface area contributed by atoms with E-state index in [1.807, 2.05) is 32.0 Å². The Morgan fingerprint density at radius 2 is 1.65 bits per heavy atom. The van der Waals surface area contributed by atoms with Crippen molar-refractivity contribution in [3.05, 3.63) is 64.7 Å². The first-order valence-corrected chi connectivity index (χ1v) is 6.27. The Hall–Kier alpha value is -1.94. The zero-order chi connectivity index (χ0) is 14.7. The van der Waals surface area contributed by atoms with Crippen molar-refractivity contribution < 1.29 is 18.6 Å². The topological polar surface area (TPSA) is 29.5 Å². The average molecular weight is 278 g/mol. The van der Waals surface area contributed by atoms with Gasteiger partial charge < -0.3 is 9.84 Å². The summed E-state index contributed by atoms with van der Waals surface area (Å²) in [5.41, 5.74) is 3.49. The summed E-state index contributed by atoms with van der Waals surface area (Å²) < 4.78 is 28.4. The molecular formula is C16H16F2O2. The molecule has 0 aliphatic carbocycles. The first-order chi connectivity index (χ1) is 9.47. The van der Waals surface area contributed by atoms with E-state index in [-0.39, 0.29) is 5.75 Å². The molecule has 0 amide bonds. The molecule has 2 aromatic rings. The molecule has 0 aliphatic heterocycles. The summed E-state index contributed by atoms with van der Waals surface area (Å²) >= 11 is 0. The van der Waals surface area contributed by atoms with Gasteiger partial charge in [0.15, 0.2) is 0 Å². The molecule has 0 aliphatic rings. The molecule has 0 aromatic heterocycles. The lowest BCUT2D eigenvalue weighted by molar-refractivity contribution is -0.0498. The fraction of sp³-hybridized carbons (Fsp3) is 0.250. The summed E-state index contributed by atoms with van der Waals surface area (Å²) in [4.78, 5) is 0. The molecule has 0 bridgehead atoms. The minimum absolute atomic E-state index is 0.0805. The summed E-state index contributed by atoms with van der Waals surface area (Å²) in [7, 11) is 0. The minimum atomic E-state index is -2.84. The lowest BCUT2D eigenvalue weighted by atomic mass is 9.96. The highest BCUT2D eigenvalue weighted by Gasteiger charge is 2.13. The summed E-state index contributed by atoms with van der Waals surface area (Å²) in [6, 6.07) is 11.9. The molecule has 0 saturated heterocycles. The Morgan fingerprint density at radius 1 is 1.00 bits per heavy atom. The third-order valence-electron chi connectivity index (χ3n) is 3.15. The van der Waals surface area contributed by atoms with E-state index in [9.17, 15) is 13.9 Å². The Bertz CT molecular complexity index is 580. The molecule has 0 saturated carbocycles. The van der Waals surface area contributed by atoms with Crippen molar-refractivity contribution in [1.82, 2.24) is 0 Å². The molecule has 0 radical (unpaired) electrons. The first kappa shape index (κ1) is 14.5. The molecule has 1 unspecified atom stereocenters. The zero-order valence-corrected chi connectivity index (χ0v) is 11.3. The van der Waals surface area contributed by atoms with Gasteiger partial charge >= 0.3 is 6.61 Å². The summed E-state index contributed by atoms with van der Waals surface area (Å²) in [5.74, 6) is 0.0805. The molecule has 2 aromatic carbocycles. The smallest absolute Gasteiger partial charge is 0.387 e. The minimum Gasteiger partial charge on any atom is -0.435 e. The maximum Gasteiger partial charge on any atom is 0.387 e. The van der Waals surface area contributed by atoms with E-state index in [4.69, 9.17) is 0 Å². The standard InChI is InChI=1S/C16H16F2O2/c1-10-3-4-11(2)14(9-10)15(19)12-5-7-13(8-6-12)20-16(17)18/h3-9,15-16,19H,1-2H3. The van der Waals surface area contributed by atoms with E-state index in [0.29, 0.717) is 5.56 Å². The Labute approximate surface area is 116 Å². The third-order valence-corrected chi connectivity index (χ3v) is 3.15. The molecule has 1 N–H and O–H groups in total. The molecule has 4 heteroatoms. The second-order valence-corrected chi connectivity index (χ2v) is 4.71. The number of ether oxygens (including phenoxy) is 1. The van der Waals surface area contributed by atoms with Crippen LogP contribution < -0.4 is 4.74 Å². The van der Waals surface area contributed by atoms with Gasteiger partial charge in [-0.05, 0) is 42.7 Å². The molecule has 0 heterocycles. The summed E-state index contributed by atoms with van der Waals surface area (Å²) in [5, 5.41) is 10.4. The molecular weight excluding hydrogens is 262 g/mol. The van der Waals surface area contributed by atoms with Gasteiger partial charge in [-0.15, -0.1) is 0 Å². The average Bonchev–Trinajstić information content (AvgIpc) is 2.41. The normalized spacial score (nSPS) is 12.5. The lowest BCUT2D eigenvalue weighted by Crippen LogP contribution is -2.04. The number of benzene rings is 2. The highest BCUT2D eigenvalue weighted by atomic mass is 19.3. The third kappa shape index (κ3) is 3.33. The first-order valence-electron chi connectivity index (χ1n) is 6.27. The van der Waals surface area contributed by atoms with Gasteiger partial charge in [0.25, 0.3) is 0 Å². The van der Waals surface area contributed by atoms with Crippen molar-refractivity contribution in [2.75, 3.05) is 0 Å². The number of aryl methyl sites for hydroxylation is 2. The molecule has 106 valence electrons. The molecule has 0 fully saturated rings. The maximum absolute atomic E-state index is 12.1. The predicted octanol–water partition coefficient (Wildman–Crippen LogP) is 3.99. The van der Waals surface area contributed by atoms with Gasteiger partial charge in [0.1, 0.15) is 11.9 Å². The quantitative estimate of drug-likeness (QED) is 0.916. The molecule has 2 rings (SSSR count). The monoisotopic (exact) mass is 278 g/mol. The van der Waals surface area contributed by atoms with E-state index < -0.39 is 12.7 Å². The van der Waals surface area contributed by atoms with Crippen LogP contribution in [0.1, 0.15) is 28.4 Å². The van der Waals surface area contributed by atoms with Gasteiger partial charge in [0.2, 0.25) is 0 Å². The highest BCUT2D eigenvalue weighted by Crippen LogP contribution is 2.27. The van der Waals surface area contributed by atoms with Crippen molar-refractivity contribution in [2.45, 2.75) is 26.6 Å². The van der Waals surface area contributed by atoms with Crippen molar-refractivity contribution in [3.63, 3.8) is 0 Å². The van der Waals surface area contributed by atoms with Crippen LogP contribution in [0.4, 0.5) is 8.78 Å². The van der Waals surface area contributed by atoms with E-state index in [2.05, 4.69) is 4.74 Å². The van der Waals surface area contributed by atoms with Gasteiger partial charge in [-0.1, -0.05) is 35.9 Å². The van der Waals surface area contributed by atoms with Crippen LogP contribution in [0.2, 0.25) is 0 Å². The van der Waals surface area contributed by atoms with E-state index >= 15 is 0 Å². The van der Waals surface area contributed by atoms with Crippen LogP contribution in [0, 0.1) is 13.8 Å². The number of aliphatic hydroxyl groups is 1. The second kappa shape index (κ2) is 6.01. The maximum atomic E-state index is 12.1. The zero-order valence-electron chi connectivity index (χ0n) is 11.3. The second-order valence-electron chi connectivity index (χ2n) is 4.71. The lowest BCUT2D eigenvalue weighted by Gasteiger charge is -2.15. The Morgan fingerprint density at radius 3 is 2.25 bits per heavy atom. The largest absolute Gasteiger partial charge is 0.435 e.